The summed E-state index contributed by atoms with van der Waals surface area (Å²) in [5.74, 6) is 0.990. The zero-order valence-corrected chi connectivity index (χ0v) is 11.5. The van der Waals surface area contributed by atoms with Crippen molar-refractivity contribution >= 4 is 10.9 Å². The van der Waals surface area contributed by atoms with E-state index in [2.05, 4.69) is 41.5 Å². The van der Waals surface area contributed by atoms with Crippen molar-refractivity contribution in [1.29, 1.82) is 0 Å². The molecule has 0 fully saturated rings. The van der Waals surface area contributed by atoms with Crippen LogP contribution in [-0.4, -0.2) is 11.5 Å². The summed E-state index contributed by atoms with van der Waals surface area (Å²) in [4.78, 5) is 4.54. The first-order valence-electron chi connectivity index (χ1n) is 6.98. The molecule has 0 spiro atoms. The molecular formula is C17H18N2O. The minimum Gasteiger partial charge on any atom is -0.469 e. The lowest BCUT2D eigenvalue weighted by Gasteiger charge is -2.18. The number of hydrogen-bond acceptors (Lipinski definition) is 3. The third kappa shape index (κ3) is 2.58. The third-order valence-corrected chi connectivity index (χ3v) is 3.48. The molecule has 0 radical (unpaired) electrons. The fraction of sp³-hybridized carbons (Fsp3) is 0.235. The number of aromatic nitrogens is 1. The van der Waals surface area contributed by atoms with E-state index in [1.165, 1.54) is 10.9 Å². The molecule has 0 aliphatic heterocycles. The number of hydrogen-bond donors (Lipinski definition) is 1. The average molecular weight is 266 g/mol. The van der Waals surface area contributed by atoms with Gasteiger partial charge in [-0.3, -0.25) is 4.98 Å². The highest BCUT2D eigenvalue weighted by molar-refractivity contribution is 5.82. The SMILES string of the molecule is CCNC(Cc1ccco1)c1cccc2cccnc12. The van der Waals surface area contributed by atoms with Crippen molar-refractivity contribution in [1.82, 2.24) is 10.3 Å². The number of furan rings is 1. The number of benzene rings is 1. The maximum Gasteiger partial charge on any atom is 0.105 e. The molecule has 0 aliphatic carbocycles. The molecule has 0 saturated heterocycles. The van der Waals surface area contributed by atoms with Crippen LogP contribution in [0.25, 0.3) is 10.9 Å². The molecule has 0 bridgehead atoms. The standard InChI is InChI=1S/C17H18N2O/c1-2-18-16(12-14-8-5-11-20-14)15-9-3-6-13-7-4-10-19-17(13)15/h3-11,16,18H,2,12H2,1H3. The Hall–Kier alpha value is -2.13. The summed E-state index contributed by atoms with van der Waals surface area (Å²) in [6.45, 7) is 3.03. The highest BCUT2D eigenvalue weighted by atomic mass is 16.3. The molecule has 0 amide bonds. The molecule has 0 aliphatic rings. The first-order chi connectivity index (χ1) is 9.88. The number of nitrogens with one attached hydrogen (secondary N) is 1. The molecule has 3 aromatic rings. The van der Waals surface area contributed by atoms with E-state index in [-0.39, 0.29) is 6.04 Å². The molecule has 3 rings (SSSR count). The second-order valence-electron chi connectivity index (χ2n) is 4.82. The quantitative estimate of drug-likeness (QED) is 0.764. The maximum absolute atomic E-state index is 5.48. The van der Waals surface area contributed by atoms with Crippen LogP contribution in [0.3, 0.4) is 0 Å². The number of fused-ring (bicyclic) bond motifs is 1. The van der Waals surface area contributed by atoms with Crippen LogP contribution in [0.15, 0.2) is 59.3 Å². The molecule has 102 valence electrons. The van der Waals surface area contributed by atoms with Crippen LogP contribution in [0.2, 0.25) is 0 Å². The maximum atomic E-state index is 5.48. The summed E-state index contributed by atoms with van der Waals surface area (Å²) >= 11 is 0. The highest BCUT2D eigenvalue weighted by Crippen LogP contribution is 2.25. The summed E-state index contributed by atoms with van der Waals surface area (Å²) in [6, 6.07) is 14.6. The normalized spacial score (nSPS) is 12.7. The number of nitrogens with zero attached hydrogens (tertiary/aromatic N) is 1. The summed E-state index contributed by atoms with van der Waals surface area (Å²) in [6.07, 6.45) is 4.40. The van der Waals surface area contributed by atoms with Crippen molar-refractivity contribution in [3.8, 4) is 0 Å². The summed E-state index contributed by atoms with van der Waals surface area (Å²) in [5.41, 5.74) is 2.29. The molecule has 0 saturated carbocycles. The van der Waals surface area contributed by atoms with Gasteiger partial charge in [-0.05, 0) is 30.3 Å². The first kappa shape index (κ1) is 12.9. The smallest absolute Gasteiger partial charge is 0.105 e. The molecule has 2 heterocycles. The van der Waals surface area contributed by atoms with Crippen LogP contribution in [0.1, 0.15) is 24.3 Å². The van der Waals surface area contributed by atoms with Crippen LogP contribution in [0.4, 0.5) is 0 Å². The van der Waals surface area contributed by atoms with E-state index in [0.717, 1.165) is 24.2 Å². The van der Waals surface area contributed by atoms with Crippen molar-refractivity contribution in [2.75, 3.05) is 6.54 Å². The monoisotopic (exact) mass is 266 g/mol. The molecule has 1 aromatic carbocycles. The van der Waals surface area contributed by atoms with Crippen molar-refractivity contribution in [2.45, 2.75) is 19.4 Å². The van der Waals surface area contributed by atoms with Crippen molar-refractivity contribution in [2.24, 2.45) is 0 Å². The lowest BCUT2D eigenvalue weighted by Crippen LogP contribution is -2.23. The van der Waals surface area contributed by atoms with Crippen LogP contribution in [0, 0.1) is 0 Å². The van der Waals surface area contributed by atoms with Gasteiger partial charge in [0, 0.05) is 24.0 Å². The lowest BCUT2D eigenvalue weighted by atomic mass is 9.99. The molecule has 2 aromatic heterocycles. The Labute approximate surface area is 118 Å². The molecule has 1 unspecified atom stereocenters. The predicted molar refractivity (Wildman–Crippen MR) is 80.6 cm³/mol. The second-order valence-corrected chi connectivity index (χ2v) is 4.82. The lowest BCUT2D eigenvalue weighted by molar-refractivity contribution is 0.456. The topological polar surface area (TPSA) is 38.1 Å². The van der Waals surface area contributed by atoms with Crippen molar-refractivity contribution in [3.63, 3.8) is 0 Å². The number of pyridine rings is 1. The number of rotatable bonds is 5. The Bertz CT molecular complexity index is 671. The number of likely N-dealkylation sites (N-methyl/N-ethyl adjacent to an activating group) is 1. The summed E-state index contributed by atoms with van der Waals surface area (Å²) in [7, 11) is 0. The van der Waals surface area contributed by atoms with Crippen LogP contribution >= 0.6 is 0 Å². The minimum absolute atomic E-state index is 0.213. The van der Waals surface area contributed by atoms with Gasteiger partial charge in [0.05, 0.1) is 11.8 Å². The van der Waals surface area contributed by atoms with Crippen LogP contribution in [0.5, 0.6) is 0 Å². The average Bonchev–Trinajstić information content (AvgIpc) is 2.99. The van der Waals surface area contributed by atoms with Gasteiger partial charge >= 0.3 is 0 Å². The number of para-hydroxylation sites is 1. The van der Waals surface area contributed by atoms with Gasteiger partial charge in [0.25, 0.3) is 0 Å². The largest absolute Gasteiger partial charge is 0.469 e. The second kappa shape index (κ2) is 5.88. The zero-order chi connectivity index (χ0) is 13.8. The Kier molecular flexibility index (Phi) is 3.79. The van der Waals surface area contributed by atoms with Gasteiger partial charge in [-0.2, -0.15) is 0 Å². The van der Waals surface area contributed by atoms with E-state index in [1.807, 2.05) is 24.4 Å². The molecular weight excluding hydrogens is 248 g/mol. The van der Waals surface area contributed by atoms with Gasteiger partial charge in [0.15, 0.2) is 0 Å². The van der Waals surface area contributed by atoms with E-state index >= 15 is 0 Å². The molecule has 1 N–H and O–H groups in total. The molecule has 3 heteroatoms. The van der Waals surface area contributed by atoms with Crippen molar-refractivity contribution < 1.29 is 4.42 Å². The first-order valence-corrected chi connectivity index (χ1v) is 6.98. The van der Waals surface area contributed by atoms with E-state index in [1.54, 1.807) is 6.26 Å². The Morgan fingerprint density at radius 3 is 2.85 bits per heavy atom. The fourth-order valence-electron chi connectivity index (χ4n) is 2.58. The van der Waals surface area contributed by atoms with E-state index in [0.29, 0.717) is 0 Å². The summed E-state index contributed by atoms with van der Waals surface area (Å²) < 4.78 is 5.48. The Morgan fingerprint density at radius 1 is 1.15 bits per heavy atom. The van der Waals surface area contributed by atoms with E-state index in [9.17, 15) is 0 Å². The van der Waals surface area contributed by atoms with Gasteiger partial charge in [-0.1, -0.05) is 31.2 Å². The van der Waals surface area contributed by atoms with E-state index < -0.39 is 0 Å². The van der Waals surface area contributed by atoms with Gasteiger partial charge in [0.2, 0.25) is 0 Å². The van der Waals surface area contributed by atoms with Gasteiger partial charge in [-0.25, -0.2) is 0 Å². The Balaban J connectivity index is 2.00. The predicted octanol–water partition coefficient (Wildman–Crippen LogP) is 3.72. The van der Waals surface area contributed by atoms with Crippen molar-refractivity contribution in [3.05, 3.63) is 66.2 Å². The van der Waals surface area contributed by atoms with Crippen LogP contribution < -0.4 is 5.32 Å². The van der Waals surface area contributed by atoms with Gasteiger partial charge < -0.3 is 9.73 Å². The van der Waals surface area contributed by atoms with E-state index in [4.69, 9.17) is 4.42 Å². The van der Waals surface area contributed by atoms with Gasteiger partial charge in [-0.15, -0.1) is 0 Å². The molecule has 3 nitrogen and oxygen atoms in total. The van der Waals surface area contributed by atoms with Gasteiger partial charge in [0.1, 0.15) is 5.76 Å². The molecule has 20 heavy (non-hydrogen) atoms. The highest BCUT2D eigenvalue weighted by Gasteiger charge is 2.15. The summed E-state index contributed by atoms with van der Waals surface area (Å²) in [5, 5.41) is 4.70. The minimum atomic E-state index is 0.213. The zero-order valence-electron chi connectivity index (χ0n) is 11.5. The Morgan fingerprint density at radius 2 is 2.05 bits per heavy atom. The van der Waals surface area contributed by atoms with Crippen LogP contribution in [-0.2, 0) is 6.42 Å². The molecule has 1 atom stereocenters. The fourth-order valence-corrected chi connectivity index (χ4v) is 2.58. The third-order valence-electron chi connectivity index (χ3n) is 3.48.